The third kappa shape index (κ3) is 4.03. The molecule has 0 aromatic carbocycles. The van der Waals surface area contributed by atoms with Gasteiger partial charge in [0.05, 0.1) is 13.2 Å². The van der Waals surface area contributed by atoms with Gasteiger partial charge in [0.2, 0.25) is 0 Å². The summed E-state index contributed by atoms with van der Waals surface area (Å²) < 4.78 is 5.51. The lowest BCUT2D eigenvalue weighted by molar-refractivity contribution is 0.0391. The van der Waals surface area contributed by atoms with Gasteiger partial charge in [-0.3, -0.25) is 9.88 Å². The van der Waals surface area contributed by atoms with Crippen LogP contribution in [-0.4, -0.2) is 65.8 Å². The van der Waals surface area contributed by atoms with Crippen LogP contribution >= 0.6 is 0 Å². The number of ether oxygens (including phenoxy) is 1. The fourth-order valence-electron chi connectivity index (χ4n) is 4.27. The molecular formula is C22H29N5O. The highest BCUT2D eigenvalue weighted by Crippen LogP contribution is 2.35. The Morgan fingerprint density at radius 1 is 1.11 bits per heavy atom. The predicted octanol–water partition coefficient (Wildman–Crippen LogP) is 2.58. The SMILES string of the molecule is c1ccc(-c2nc3c(c(N(CCN4CCOCC4)CC4CC4)n2)CCC3)nc1. The van der Waals surface area contributed by atoms with Gasteiger partial charge in [0.1, 0.15) is 11.5 Å². The fourth-order valence-corrected chi connectivity index (χ4v) is 4.27. The van der Waals surface area contributed by atoms with Gasteiger partial charge in [-0.2, -0.15) is 0 Å². The Morgan fingerprint density at radius 3 is 2.79 bits per heavy atom. The zero-order valence-electron chi connectivity index (χ0n) is 16.5. The highest BCUT2D eigenvalue weighted by Gasteiger charge is 2.29. The third-order valence-corrected chi connectivity index (χ3v) is 6.07. The number of fused-ring (bicyclic) bond motifs is 1. The van der Waals surface area contributed by atoms with Crippen molar-refractivity contribution < 1.29 is 4.74 Å². The second kappa shape index (κ2) is 8.13. The van der Waals surface area contributed by atoms with E-state index < -0.39 is 0 Å². The van der Waals surface area contributed by atoms with Gasteiger partial charge >= 0.3 is 0 Å². The maximum Gasteiger partial charge on any atom is 0.180 e. The number of aromatic nitrogens is 3. The Hall–Kier alpha value is -2.05. The van der Waals surface area contributed by atoms with Crippen molar-refractivity contribution in [2.75, 3.05) is 50.8 Å². The van der Waals surface area contributed by atoms with E-state index in [0.29, 0.717) is 0 Å². The second-order valence-electron chi connectivity index (χ2n) is 8.21. The van der Waals surface area contributed by atoms with Crippen molar-refractivity contribution in [2.45, 2.75) is 32.1 Å². The largest absolute Gasteiger partial charge is 0.379 e. The normalized spacial score (nSPS) is 19.6. The summed E-state index contributed by atoms with van der Waals surface area (Å²) in [7, 11) is 0. The standard InChI is InChI=1S/C22H29N5O/c1-2-9-23-20(5-1)21-24-19-6-3-4-18(19)22(25-21)27(16-17-7-8-17)11-10-26-12-14-28-15-13-26/h1-2,5,9,17H,3-4,6-8,10-16H2. The number of hydrogen-bond donors (Lipinski definition) is 0. The van der Waals surface area contributed by atoms with Crippen LogP contribution in [0.2, 0.25) is 0 Å². The van der Waals surface area contributed by atoms with Crippen molar-refractivity contribution in [3.63, 3.8) is 0 Å². The van der Waals surface area contributed by atoms with Crippen molar-refractivity contribution in [2.24, 2.45) is 5.92 Å². The molecule has 5 rings (SSSR count). The van der Waals surface area contributed by atoms with Crippen molar-refractivity contribution in [3.05, 3.63) is 35.7 Å². The number of hydrogen-bond acceptors (Lipinski definition) is 6. The topological polar surface area (TPSA) is 54.4 Å². The van der Waals surface area contributed by atoms with Crippen LogP contribution in [0.1, 0.15) is 30.5 Å². The molecule has 2 aromatic rings. The minimum atomic E-state index is 0.781. The Labute approximate surface area is 167 Å². The first-order valence-electron chi connectivity index (χ1n) is 10.7. The molecule has 0 atom stereocenters. The molecule has 2 fully saturated rings. The molecule has 2 aliphatic carbocycles. The van der Waals surface area contributed by atoms with E-state index in [1.807, 2.05) is 24.4 Å². The summed E-state index contributed by atoms with van der Waals surface area (Å²) in [6.45, 7) is 7.02. The molecule has 0 bridgehead atoms. The molecule has 1 aliphatic heterocycles. The summed E-state index contributed by atoms with van der Waals surface area (Å²) >= 11 is 0. The van der Waals surface area contributed by atoms with Gasteiger partial charge in [-0.15, -0.1) is 0 Å². The monoisotopic (exact) mass is 379 g/mol. The minimum absolute atomic E-state index is 0.781. The number of morpholine rings is 1. The Morgan fingerprint density at radius 2 is 2.00 bits per heavy atom. The van der Waals surface area contributed by atoms with Crippen molar-refractivity contribution in [1.82, 2.24) is 19.9 Å². The molecule has 1 saturated carbocycles. The molecule has 6 heteroatoms. The molecule has 3 heterocycles. The maximum atomic E-state index is 5.51. The third-order valence-electron chi connectivity index (χ3n) is 6.07. The van der Waals surface area contributed by atoms with Crippen LogP contribution in [0.5, 0.6) is 0 Å². The van der Waals surface area contributed by atoms with Crippen LogP contribution in [-0.2, 0) is 17.6 Å². The molecule has 6 nitrogen and oxygen atoms in total. The zero-order chi connectivity index (χ0) is 18.8. The average molecular weight is 380 g/mol. The zero-order valence-corrected chi connectivity index (χ0v) is 16.5. The smallest absolute Gasteiger partial charge is 0.180 e. The van der Waals surface area contributed by atoms with Crippen LogP contribution in [0.15, 0.2) is 24.4 Å². The van der Waals surface area contributed by atoms with Crippen LogP contribution in [0, 0.1) is 5.92 Å². The van der Waals surface area contributed by atoms with Crippen molar-refractivity contribution in [1.29, 1.82) is 0 Å². The van der Waals surface area contributed by atoms with Gasteiger partial charge in [0.15, 0.2) is 5.82 Å². The first-order chi connectivity index (χ1) is 13.9. The van der Waals surface area contributed by atoms with Gasteiger partial charge in [-0.25, -0.2) is 9.97 Å². The van der Waals surface area contributed by atoms with E-state index in [-0.39, 0.29) is 0 Å². The summed E-state index contributed by atoms with van der Waals surface area (Å²) in [4.78, 5) is 19.5. The maximum absolute atomic E-state index is 5.51. The highest BCUT2D eigenvalue weighted by molar-refractivity contribution is 5.59. The van der Waals surface area contributed by atoms with Crippen molar-refractivity contribution >= 4 is 5.82 Å². The predicted molar refractivity (Wildman–Crippen MR) is 109 cm³/mol. The lowest BCUT2D eigenvalue weighted by atomic mass is 10.2. The number of rotatable bonds is 7. The van der Waals surface area contributed by atoms with Crippen molar-refractivity contribution in [3.8, 4) is 11.5 Å². The van der Waals surface area contributed by atoms with Crippen LogP contribution in [0.3, 0.4) is 0 Å². The molecule has 0 spiro atoms. The molecule has 28 heavy (non-hydrogen) atoms. The van der Waals surface area contributed by atoms with E-state index in [9.17, 15) is 0 Å². The lowest BCUT2D eigenvalue weighted by Crippen LogP contribution is -2.42. The van der Waals surface area contributed by atoms with Gasteiger partial charge in [-0.05, 0) is 50.2 Å². The van der Waals surface area contributed by atoms with Gasteiger partial charge in [0, 0.05) is 50.2 Å². The highest BCUT2D eigenvalue weighted by atomic mass is 16.5. The summed E-state index contributed by atoms with van der Waals surface area (Å²) in [6, 6.07) is 5.97. The quantitative estimate of drug-likeness (QED) is 0.737. The van der Waals surface area contributed by atoms with E-state index in [4.69, 9.17) is 14.7 Å². The van der Waals surface area contributed by atoms with E-state index in [0.717, 1.165) is 76.2 Å². The van der Waals surface area contributed by atoms with Gasteiger partial charge in [0.25, 0.3) is 0 Å². The van der Waals surface area contributed by atoms with Gasteiger partial charge < -0.3 is 9.64 Å². The number of aryl methyl sites for hydroxylation is 1. The van der Waals surface area contributed by atoms with Crippen LogP contribution in [0.4, 0.5) is 5.82 Å². The summed E-state index contributed by atoms with van der Waals surface area (Å²) in [5.41, 5.74) is 3.48. The molecule has 1 saturated heterocycles. The Kier molecular flexibility index (Phi) is 5.23. The molecule has 0 unspecified atom stereocenters. The van der Waals surface area contributed by atoms with E-state index in [1.54, 1.807) is 0 Å². The van der Waals surface area contributed by atoms with Gasteiger partial charge in [-0.1, -0.05) is 6.07 Å². The summed E-state index contributed by atoms with van der Waals surface area (Å²) in [5.74, 6) is 2.78. The Balaban J connectivity index is 1.44. The van der Waals surface area contributed by atoms with Crippen LogP contribution in [0.25, 0.3) is 11.5 Å². The molecule has 148 valence electrons. The first-order valence-corrected chi connectivity index (χ1v) is 10.7. The Bertz CT molecular complexity index is 802. The van der Waals surface area contributed by atoms with E-state index in [1.165, 1.54) is 36.3 Å². The molecule has 2 aromatic heterocycles. The lowest BCUT2D eigenvalue weighted by Gasteiger charge is -2.31. The fraction of sp³-hybridized carbons (Fsp3) is 0.591. The summed E-state index contributed by atoms with van der Waals surface area (Å²) in [6.07, 6.45) is 7.88. The molecule has 0 radical (unpaired) electrons. The minimum Gasteiger partial charge on any atom is -0.379 e. The molecular weight excluding hydrogens is 350 g/mol. The molecule has 3 aliphatic rings. The van der Waals surface area contributed by atoms with E-state index >= 15 is 0 Å². The molecule has 0 N–H and O–H groups in total. The average Bonchev–Trinajstić information content (AvgIpc) is 3.45. The number of anilines is 1. The first kappa shape index (κ1) is 18.0. The number of nitrogens with zero attached hydrogens (tertiary/aromatic N) is 5. The number of pyridine rings is 1. The second-order valence-corrected chi connectivity index (χ2v) is 8.21. The molecule has 0 amide bonds. The van der Waals surface area contributed by atoms with Crippen LogP contribution < -0.4 is 4.90 Å². The summed E-state index contributed by atoms with van der Waals surface area (Å²) in [5, 5.41) is 0. The van der Waals surface area contributed by atoms with E-state index in [2.05, 4.69) is 14.8 Å².